The third-order valence-corrected chi connectivity index (χ3v) is 3.14. The molecule has 1 saturated heterocycles. The number of benzene rings is 1. The van der Waals surface area contributed by atoms with E-state index in [1.807, 2.05) is 24.3 Å². The number of hydrogen-bond donors (Lipinski definition) is 1. The van der Waals surface area contributed by atoms with Gasteiger partial charge in [-0.25, -0.2) is 0 Å². The van der Waals surface area contributed by atoms with Crippen molar-refractivity contribution in [2.45, 2.75) is 25.3 Å². The Morgan fingerprint density at radius 2 is 2.17 bits per heavy atom. The first-order chi connectivity index (χ1) is 8.79. The van der Waals surface area contributed by atoms with E-state index < -0.39 is 0 Å². The van der Waals surface area contributed by atoms with Crippen molar-refractivity contribution < 1.29 is 14.3 Å². The molecule has 0 saturated carbocycles. The molecule has 0 bridgehead atoms. The number of nitrogens with one attached hydrogen (secondary N) is 1. The molecule has 1 aliphatic heterocycles. The Labute approximate surface area is 107 Å². The lowest BCUT2D eigenvalue weighted by Gasteiger charge is -2.10. The Balaban J connectivity index is 1.72. The fraction of sp³-hybridized carbons (Fsp3) is 0.500. The van der Waals surface area contributed by atoms with Crippen molar-refractivity contribution >= 4 is 5.97 Å². The van der Waals surface area contributed by atoms with Crippen LogP contribution in [-0.2, 0) is 16.0 Å². The molecule has 1 atom stereocenters. The topological polar surface area (TPSA) is 47.6 Å². The monoisotopic (exact) mass is 249 g/mol. The first kappa shape index (κ1) is 12.9. The summed E-state index contributed by atoms with van der Waals surface area (Å²) in [5.74, 6) is 0.715. The molecule has 1 N–H and O–H groups in total. The number of carbonyl (C=O) groups excluding carboxylic acids is 1. The molecule has 18 heavy (non-hydrogen) atoms. The summed E-state index contributed by atoms with van der Waals surface area (Å²) in [5, 5.41) is 3.13. The molecule has 0 amide bonds. The van der Waals surface area contributed by atoms with Gasteiger partial charge in [-0.2, -0.15) is 0 Å². The Morgan fingerprint density at radius 1 is 1.39 bits per heavy atom. The van der Waals surface area contributed by atoms with Crippen LogP contribution in [0.25, 0.3) is 0 Å². The minimum atomic E-state index is -0.124. The minimum absolute atomic E-state index is 0.0964. The van der Waals surface area contributed by atoms with E-state index in [1.165, 1.54) is 0 Å². The van der Waals surface area contributed by atoms with E-state index in [4.69, 9.17) is 9.47 Å². The average molecular weight is 249 g/mol. The van der Waals surface area contributed by atoms with Crippen LogP contribution in [-0.4, -0.2) is 32.3 Å². The second-order valence-electron chi connectivity index (χ2n) is 4.41. The van der Waals surface area contributed by atoms with Crippen molar-refractivity contribution in [3.63, 3.8) is 0 Å². The summed E-state index contributed by atoms with van der Waals surface area (Å²) in [4.78, 5) is 11.6. The summed E-state index contributed by atoms with van der Waals surface area (Å²) in [6.45, 7) is 1.35. The molecule has 1 fully saturated rings. The molecule has 0 aliphatic carbocycles. The van der Waals surface area contributed by atoms with Gasteiger partial charge >= 0.3 is 5.97 Å². The van der Waals surface area contributed by atoms with Crippen molar-refractivity contribution in [3.05, 3.63) is 29.8 Å². The highest BCUT2D eigenvalue weighted by atomic mass is 16.5. The third-order valence-electron chi connectivity index (χ3n) is 3.14. The molecule has 4 heteroatoms. The zero-order valence-electron chi connectivity index (χ0n) is 10.6. The molecule has 1 aromatic carbocycles. The number of esters is 1. The molecule has 0 spiro atoms. The maximum absolute atomic E-state index is 11.6. The average Bonchev–Trinajstić information content (AvgIpc) is 2.93. The summed E-state index contributed by atoms with van der Waals surface area (Å²) < 4.78 is 10.3. The smallest absolute Gasteiger partial charge is 0.323 e. The van der Waals surface area contributed by atoms with Gasteiger partial charge in [0.05, 0.1) is 13.7 Å². The molecule has 1 aromatic rings. The van der Waals surface area contributed by atoms with Gasteiger partial charge in [0.1, 0.15) is 11.8 Å². The van der Waals surface area contributed by atoms with Crippen LogP contribution >= 0.6 is 0 Å². The lowest BCUT2D eigenvalue weighted by atomic mass is 10.1. The maximum Gasteiger partial charge on any atom is 0.323 e. The number of methoxy groups -OCH3 is 1. The fourth-order valence-corrected chi connectivity index (χ4v) is 2.05. The van der Waals surface area contributed by atoms with E-state index in [1.54, 1.807) is 7.11 Å². The molecular weight excluding hydrogens is 230 g/mol. The Hall–Kier alpha value is -1.55. The molecule has 1 aliphatic rings. The first-order valence-corrected chi connectivity index (χ1v) is 6.32. The van der Waals surface area contributed by atoms with E-state index >= 15 is 0 Å². The van der Waals surface area contributed by atoms with Gasteiger partial charge in [0, 0.05) is 6.42 Å². The summed E-state index contributed by atoms with van der Waals surface area (Å²) in [5.41, 5.74) is 1.14. The first-order valence-electron chi connectivity index (χ1n) is 6.32. The zero-order valence-corrected chi connectivity index (χ0v) is 10.6. The SMILES string of the molecule is COc1ccc(CCOC(=O)C2CCCN2)cc1. The van der Waals surface area contributed by atoms with Crippen LogP contribution in [0.4, 0.5) is 0 Å². The van der Waals surface area contributed by atoms with Gasteiger partial charge in [0.2, 0.25) is 0 Å². The molecule has 1 unspecified atom stereocenters. The third kappa shape index (κ3) is 3.47. The van der Waals surface area contributed by atoms with Gasteiger partial charge in [-0.15, -0.1) is 0 Å². The van der Waals surface area contributed by atoms with E-state index in [0.29, 0.717) is 6.61 Å². The number of hydrogen-bond acceptors (Lipinski definition) is 4. The quantitative estimate of drug-likeness (QED) is 0.804. The molecule has 1 heterocycles. The predicted molar refractivity (Wildman–Crippen MR) is 68.7 cm³/mol. The Morgan fingerprint density at radius 3 is 2.78 bits per heavy atom. The van der Waals surface area contributed by atoms with Crippen molar-refractivity contribution in [1.82, 2.24) is 5.32 Å². The lowest BCUT2D eigenvalue weighted by Crippen LogP contribution is -2.32. The van der Waals surface area contributed by atoms with Crippen LogP contribution in [0.5, 0.6) is 5.75 Å². The number of carbonyl (C=O) groups is 1. The van der Waals surface area contributed by atoms with Gasteiger partial charge in [-0.3, -0.25) is 4.79 Å². The lowest BCUT2D eigenvalue weighted by molar-refractivity contribution is -0.145. The second kappa shape index (κ2) is 6.40. The normalized spacial score (nSPS) is 18.6. The molecule has 4 nitrogen and oxygen atoms in total. The molecular formula is C14H19NO3. The standard InChI is InChI=1S/C14H19NO3/c1-17-12-6-4-11(5-7-12)8-10-18-14(16)13-3-2-9-15-13/h4-7,13,15H,2-3,8-10H2,1H3. The highest BCUT2D eigenvalue weighted by molar-refractivity contribution is 5.76. The number of ether oxygens (including phenoxy) is 2. The van der Waals surface area contributed by atoms with Crippen molar-refractivity contribution in [3.8, 4) is 5.75 Å². The highest BCUT2D eigenvalue weighted by Crippen LogP contribution is 2.12. The van der Waals surface area contributed by atoms with E-state index in [0.717, 1.165) is 37.1 Å². The Kier molecular flexibility index (Phi) is 4.59. The summed E-state index contributed by atoms with van der Waals surface area (Å²) in [6.07, 6.45) is 2.68. The van der Waals surface area contributed by atoms with Gasteiger partial charge in [-0.1, -0.05) is 12.1 Å². The summed E-state index contributed by atoms with van der Waals surface area (Å²) in [6, 6.07) is 7.70. The van der Waals surface area contributed by atoms with Crippen LogP contribution in [0, 0.1) is 0 Å². The van der Waals surface area contributed by atoms with Crippen LogP contribution in [0.15, 0.2) is 24.3 Å². The zero-order chi connectivity index (χ0) is 12.8. The maximum atomic E-state index is 11.6. The largest absolute Gasteiger partial charge is 0.497 e. The Bertz CT molecular complexity index is 383. The number of rotatable bonds is 5. The molecule has 98 valence electrons. The van der Waals surface area contributed by atoms with Crippen molar-refractivity contribution in [2.75, 3.05) is 20.3 Å². The van der Waals surface area contributed by atoms with E-state index in [2.05, 4.69) is 5.32 Å². The summed E-state index contributed by atoms with van der Waals surface area (Å²) >= 11 is 0. The van der Waals surface area contributed by atoms with Gasteiger partial charge in [0.25, 0.3) is 0 Å². The van der Waals surface area contributed by atoms with Crippen LogP contribution < -0.4 is 10.1 Å². The minimum Gasteiger partial charge on any atom is -0.497 e. The van der Waals surface area contributed by atoms with Crippen LogP contribution in [0.3, 0.4) is 0 Å². The predicted octanol–water partition coefficient (Wildman–Crippen LogP) is 1.53. The second-order valence-corrected chi connectivity index (χ2v) is 4.41. The molecule has 2 rings (SSSR count). The molecule has 0 radical (unpaired) electrons. The van der Waals surface area contributed by atoms with E-state index in [-0.39, 0.29) is 12.0 Å². The highest BCUT2D eigenvalue weighted by Gasteiger charge is 2.22. The van der Waals surface area contributed by atoms with Gasteiger partial charge in [0.15, 0.2) is 0 Å². The molecule has 0 aromatic heterocycles. The van der Waals surface area contributed by atoms with Crippen LogP contribution in [0.1, 0.15) is 18.4 Å². The van der Waals surface area contributed by atoms with Gasteiger partial charge in [-0.05, 0) is 37.1 Å². The van der Waals surface area contributed by atoms with Crippen molar-refractivity contribution in [2.24, 2.45) is 0 Å². The van der Waals surface area contributed by atoms with E-state index in [9.17, 15) is 4.79 Å². The van der Waals surface area contributed by atoms with Crippen LogP contribution in [0.2, 0.25) is 0 Å². The van der Waals surface area contributed by atoms with Gasteiger partial charge < -0.3 is 14.8 Å². The van der Waals surface area contributed by atoms with Crippen molar-refractivity contribution in [1.29, 1.82) is 0 Å². The summed E-state index contributed by atoms with van der Waals surface area (Å²) in [7, 11) is 1.64. The fourth-order valence-electron chi connectivity index (χ4n) is 2.05.